The summed E-state index contributed by atoms with van der Waals surface area (Å²) in [7, 11) is 1.52. The highest BCUT2D eigenvalue weighted by Crippen LogP contribution is 2.27. The molecular formula is C17H18ClNO2S. The number of anilines is 1. The molecule has 0 fully saturated rings. The Labute approximate surface area is 141 Å². The molecule has 2 rings (SSSR count). The third kappa shape index (κ3) is 4.12. The van der Waals surface area contributed by atoms with Gasteiger partial charge < -0.3 is 14.8 Å². The minimum absolute atomic E-state index is 0.287. The summed E-state index contributed by atoms with van der Waals surface area (Å²) in [4.78, 5) is 0. The fraction of sp³-hybridized carbons (Fsp3) is 0.235. The van der Waals surface area contributed by atoms with Crippen molar-refractivity contribution in [1.82, 2.24) is 0 Å². The Kier molecular flexibility index (Phi) is 5.63. The molecule has 2 aromatic carbocycles. The Balaban J connectivity index is 2.19. The Morgan fingerprint density at radius 3 is 2.68 bits per heavy atom. The highest BCUT2D eigenvalue weighted by atomic mass is 35.5. The van der Waals surface area contributed by atoms with E-state index in [9.17, 15) is 0 Å². The van der Waals surface area contributed by atoms with Crippen molar-refractivity contribution in [2.24, 2.45) is 0 Å². The molecule has 0 amide bonds. The van der Waals surface area contributed by atoms with Crippen molar-refractivity contribution in [1.29, 1.82) is 0 Å². The molecule has 0 saturated heterocycles. The minimum atomic E-state index is 0.287. The molecule has 2 aromatic rings. The third-order valence-corrected chi connectivity index (χ3v) is 3.87. The lowest BCUT2D eigenvalue weighted by molar-refractivity contribution is 0.304. The van der Waals surface area contributed by atoms with Crippen molar-refractivity contribution in [3.05, 3.63) is 58.1 Å². The average Bonchev–Trinajstić information content (AvgIpc) is 2.48. The van der Waals surface area contributed by atoms with E-state index >= 15 is 0 Å². The number of hydrogen-bond donors (Lipinski definition) is 1. The summed E-state index contributed by atoms with van der Waals surface area (Å²) in [6.07, 6.45) is 0. The number of aryl methyl sites for hydroxylation is 2. The topological polar surface area (TPSA) is 30.5 Å². The van der Waals surface area contributed by atoms with Gasteiger partial charge in [0, 0.05) is 16.3 Å². The molecule has 0 bridgehead atoms. The van der Waals surface area contributed by atoms with Crippen molar-refractivity contribution in [3.8, 4) is 5.75 Å². The van der Waals surface area contributed by atoms with E-state index in [1.54, 1.807) is 0 Å². The zero-order valence-corrected chi connectivity index (χ0v) is 14.3. The van der Waals surface area contributed by atoms with Gasteiger partial charge in [-0.1, -0.05) is 35.4 Å². The van der Waals surface area contributed by atoms with E-state index in [2.05, 4.69) is 18.3 Å². The molecule has 22 heavy (non-hydrogen) atoms. The van der Waals surface area contributed by atoms with Gasteiger partial charge in [0.25, 0.3) is 5.17 Å². The molecule has 0 unspecified atom stereocenters. The molecule has 0 atom stereocenters. The summed E-state index contributed by atoms with van der Waals surface area (Å²) in [5, 5.41) is 3.91. The first-order valence-corrected chi connectivity index (χ1v) is 7.62. The summed E-state index contributed by atoms with van der Waals surface area (Å²) in [5.41, 5.74) is 3.91. The van der Waals surface area contributed by atoms with Crippen LogP contribution in [0.1, 0.15) is 16.7 Å². The number of thiocarbonyl (C=S) groups is 1. The Hall–Kier alpha value is -1.78. The van der Waals surface area contributed by atoms with Gasteiger partial charge in [-0.3, -0.25) is 0 Å². The zero-order valence-electron chi connectivity index (χ0n) is 12.8. The van der Waals surface area contributed by atoms with Crippen LogP contribution in [0.5, 0.6) is 5.75 Å². The van der Waals surface area contributed by atoms with Crippen LogP contribution in [0.25, 0.3) is 0 Å². The first-order valence-electron chi connectivity index (χ1n) is 6.83. The van der Waals surface area contributed by atoms with Crippen LogP contribution in [-0.2, 0) is 11.3 Å². The van der Waals surface area contributed by atoms with Crippen LogP contribution in [0.4, 0.5) is 5.69 Å². The maximum atomic E-state index is 6.28. The second-order valence-corrected chi connectivity index (χ2v) is 5.72. The van der Waals surface area contributed by atoms with Crippen LogP contribution in [0.2, 0.25) is 5.02 Å². The fourth-order valence-corrected chi connectivity index (χ4v) is 2.43. The van der Waals surface area contributed by atoms with Crippen molar-refractivity contribution < 1.29 is 9.47 Å². The predicted molar refractivity (Wildman–Crippen MR) is 94.9 cm³/mol. The average molecular weight is 336 g/mol. The zero-order chi connectivity index (χ0) is 16.1. The smallest absolute Gasteiger partial charge is 0.260 e. The molecule has 116 valence electrons. The summed E-state index contributed by atoms with van der Waals surface area (Å²) in [5.74, 6) is 0.839. The van der Waals surface area contributed by atoms with Gasteiger partial charge in [0.05, 0.1) is 7.11 Å². The van der Waals surface area contributed by atoms with Crippen molar-refractivity contribution >= 4 is 34.7 Å². The summed E-state index contributed by atoms with van der Waals surface area (Å²) in [6.45, 7) is 4.42. The fourth-order valence-electron chi connectivity index (χ4n) is 2.09. The van der Waals surface area contributed by atoms with Crippen molar-refractivity contribution in [3.63, 3.8) is 0 Å². The number of rotatable bonds is 4. The quantitative estimate of drug-likeness (QED) is 0.807. The number of benzene rings is 2. The third-order valence-electron chi connectivity index (χ3n) is 3.24. The Bertz CT molecular complexity index is 688. The van der Waals surface area contributed by atoms with Crippen molar-refractivity contribution in [2.75, 3.05) is 12.4 Å². The number of halogens is 1. The second-order valence-electron chi connectivity index (χ2n) is 4.94. The van der Waals surface area contributed by atoms with E-state index < -0.39 is 0 Å². The van der Waals surface area contributed by atoms with Gasteiger partial charge in [-0.15, -0.1) is 0 Å². The lowest BCUT2D eigenvalue weighted by Gasteiger charge is -2.15. The van der Waals surface area contributed by atoms with Gasteiger partial charge in [0.2, 0.25) is 0 Å². The molecule has 0 aliphatic heterocycles. The molecular weight excluding hydrogens is 318 g/mol. The van der Waals surface area contributed by atoms with Gasteiger partial charge in [0.1, 0.15) is 12.4 Å². The van der Waals surface area contributed by atoms with Crippen molar-refractivity contribution in [2.45, 2.75) is 20.5 Å². The molecule has 0 radical (unpaired) electrons. The van der Waals surface area contributed by atoms with E-state index in [1.807, 2.05) is 37.3 Å². The minimum Gasteiger partial charge on any atom is -0.488 e. The maximum absolute atomic E-state index is 6.28. The van der Waals surface area contributed by atoms with Crippen LogP contribution < -0.4 is 10.1 Å². The second kappa shape index (κ2) is 7.47. The lowest BCUT2D eigenvalue weighted by Crippen LogP contribution is -2.13. The standard InChI is InChI=1S/C17H18ClNO2S/c1-11-7-8-16(12(2)9-11)21-10-13-14(18)5-4-6-15(13)19-17(22)20-3/h4-9H,10H2,1-3H3,(H,19,22). The molecule has 3 nitrogen and oxygen atoms in total. The monoisotopic (exact) mass is 335 g/mol. The molecule has 0 heterocycles. The lowest BCUT2D eigenvalue weighted by atomic mass is 10.1. The Morgan fingerprint density at radius 2 is 2.00 bits per heavy atom. The van der Waals surface area contributed by atoms with E-state index in [4.69, 9.17) is 33.3 Å². The van der Waals surface area contributed by atoms with E-state index in [1.165, 1.54) is 12.7 Å². The van der Waals surface area contributed by atoms with Crippen LogP contribution in [0.3, 0.4) is 0 Å². The van der Waals surface area contributed by atoms with Crippen LogP contribution >= 0.6 is 23.8 Å². The Morgan fingerprint density at radius 1 is 1.23 bits per heavy atom. The predicted octanol–water partition coefficient (Wildman–Crippen LogP) is 4.88. The maximum Gasteiger partial charge on any atom is 0.260 e. The molecule has 0 aromatic heterocycles. The molecule has 5 heteroatoms. The normalized spacial score (nSPS) is 10.2. The molecule has 0 aliphatic carbocycles. The molecule has 1 N–H and O–H groups in total. The van der Waals surface area contributed by atoms with Gasteiger partial charge >= 0.3 is 0 Å². The van der Waals surface area contributed by atoms with Gasteiger partial charge in [0.15, 0.2) is 0 Å². The largest absolute Gasteiger partial charge is 0.488 e. The molecule has 0 aliphatic rings. The number of nitrogens with one attached hydrogen (secondary N) is 1. The summed E-state index contributed by atoms with van der Waals surface area (Å²) in [6, 6.07) is 11.6. The SMILES string of the molecule is COC(=S)Nc1cccc(Cl)c1COc1ccc(C)cc1C. The van der Waals surface area contributed by atoms with E-state index in [0.717, 1.165) is 22.6 Å². The van der Waals surface area contributed by atoms with Gasteiger partial charge in [-0.05, 0) is 49.8 Å². The first-order chi connectivity index (χ1) is 10.5. The summed E-state index contributed by atoms with van der Waals surface area (Å²) >= 11 is 11.3. The molecule has 0 saturated carbocycles. The number of hydrogen-bond acceptors (Lipinski definition) is 3. The first kappa shape index (κ1) is 16.6. The van der Waals surface area contributed by atoms with Gasteiger partial charge in [-0.2, -0.15) is 0 Å². The van der Waals surface area contributed by atoms with Crippen LogP contribution in [-0.4, -0.2) is 12.3 Å². The van der Waals surface area contributed by atoms with Gasteiger partial charge in [-0.25, -0.2) is 0 Å². The number of ether oxygens (including phenoxy) is 2. The van der Waals surface area contributed by atoms with E-state index in [-0.39, 0.29) is 5.17 Å². The van der Waals surface area contributed by atoms with E-state index in [0.29, 0.717) is 11.6 Å². The molecule has 0 spiro atoms. The highest BCUT2D eigenvalue weighted by molar-refractivity contribution is 7.80. The van der Waals surface area contributed by atoms with Crippen LogP contribution in [0, 0.1) is 13.8 Å². The number of methoxy groups -OCH3 is 1. The highest BCUT2D eigenvalue weighted by Gasteiger charge is 2.10. The summed E-state index contributed by atoms with van der Waals surface area (Å²) < 4.78 is 10.9. The van der Waals surface area contributed by atoms with Crippen LogP contribution in [0.15, 0.2) is 36.4 Å².